The van der Waals surface area contributed by atoms with Crippen LogP contribution in [-0.4, -0.2) is 6.79 Å². The van der Waals surface area contributed by atoms with Crippen molar-refractivity contribution in [3.05, 3.63) is 42.5 Å². The molecule has 2 aromatic carbocycles. The Hall–Kier alpha value is -2.16. The van der Waals surface area contributed by atoms with E-state index in [9.17, 15) is 0 Å². The molecule has 0 fully saturated rings. The minimum atomic E-state index is 0.295. The number of anilines is 1. The van der Waals surface area contributed by atoms with Crippen LogP contribution in [0, 0.1) is 0 Å². The van der Waals surface area contributed by atoms with E-state index in [2.05, 4.69) is 0 Å². The summed E-state index contributed by atoms with van der Waals surface area (Å²) < 4.78 is 10.6. The van der Waals surface area contributed by atoms with Gasteiger partial charge in [0, 0.05) is 11.3 Å². The van der Waals surface area contributed by atoms with E-state index in [0.717, 1.165) is 28.3 Å². The quantitative estimate of drug-likeness (QED) is 0.740. The summed E-state index contributed by atoms with van der Waals surface area (Å²) in [6, 6.07) is 13.6. The number of benzene rings is 2. The number of hydrogen-bond acceptors (Lipinski definition) is 3. The van der Waals surface area contributed by atoms with E-state index in [0.29, 0.717) is 6.79 Å². The lowest BCUT2D eigenvalue weighted by Crippen LogP contribution is -1.92. The highest BCUT2D eigenvalue weighted by Crippen LogP contribution is 2.37. The van der Waals surface area contributed by atoms with Crippen molar-refractivity contribution in [3.8, 4) is 22.6 Å². The van der Waals surface area contributed by atoms with Gasteiger partial charge in [-0.15, -0.1) is 0 Å². The van der Waals surface area contributed by atoms with E-state index >= 15 is 0 Å². The highest BCUT2D eigenvalue weighted by molar-refractivity contribution is 5.77. The van der Waals surface area contributed by atoms with Crippen LogP contribution in [0.4, 0.5) is 5.69 Å². The highest BCUT2D eigenvalue weighted by Gasteiger charge is 2.14. The molecule has 16 heavy (non-hydrogen) atoms. The van der Waals surface area contributed by atoms with Crippen molar-refractivity contribution in [3.63, 3.8) is 0 Å². The summed E-state index contributed by atoms with van der Waals surface area (Å²) in [5.74, 6) is 1.57. The summed E-state index contributed by atoms with van der Waals surface area (Å²) in [7, 11) is 0. The lowest BCUT2D eigenvalue weighted by Gasteiger charge is -2.06. The Morgan fingerprint density at radius 2 is 1.75 bits per heavy atom. The van der Waals surface area contributed by atoms with Gasteiger partial charge in [0.25, 0.3) is 0 Å². The molecule has 3 nitrogen and oxygen atoms in total. The number of nitrogen functional groups attached to an aromatic ring is 1. The molecule has 1 heterocycles. The van der Waals surface area contributed by atoms with Gasteiger partial charge in [-0.3, -0.25) is 0 Å². The minimum absolute atomic E-state index is 0.295. The predicted octanol–water partition coefficient (Wildman–Crippen LogP) is 2.66. The van der Waals surface area contributed by atoms with Crippen LogP contribution in [0.15, 0.2) is 42.5 Å². The van der Waals surface area contributed by atoms with Crippen LogP contribution >= 0.6 is 0 Å². The van der Waals surface area contributed by atoms with Gasteiger partial charge in [-0.05, 0) is 23.8 Å². The van der Waals surface area contributed by atoms with Gasteiger partial charge in [0.15, 0.2) is 11.5 Å². The van der Waals surface area contributed by atoms with Gasteiger partial charge < -0.3 is 15.2 Å². The Balaban J connectivity index is 2.11. The van der Waals surface area contributed by atoms with Gasteiger partial charge in [0.05, 0.1) is 0 Å². The van der Waals surface area contributed by atoms with Crippen LogP contribution in [0.5, 0.6) is 11.5 Å². The number of para-hydroxylation sites is 1. The fourth-order valence-electron chi connectivity index (χ4n) is 1.82. The molecule has 2 aromatic rings. The first-order chi connectivity index (χ1) is 7.84. The van der Waals surface area contributed by atoms with Crippen molar-refractivity contribution >= 4 is 5.69 Å². The van der Waals surface area contributed by atoms with Crippen molar-refractivity contribution in [1.82, 2.24) is 0 Å². The number of nitrogens with two attached hydrogens (primary N) is 1. The molecule has 80 valence electrons. The molecule has 1 aliphatic heterocycles. The maximum atomic E-state index is 5.93. The van der Waals surface area contributed by atoms with Crippen LogP contribution in [0.3, 0.4) is 0 Å². The summed E-state index contributed by atoms with van der Waals surface area (Å²) in [6.45, 7) is 0.295. The van der Waals surface area contributed by atoms with E-state index in [-0.39, 0.29) is 0 Å². The lowest BCUT2D eigenvalue weighted by atomic mass is 10.0. The first-order valence-corrected chi connectivity index (χ1v) is 5.09. The predicted molar refractivity (Wildman–Crippen MR) is 62.4 cm³/mol. The Morgan fingerprint density at radius 3 is 2.62 bits per heavy atom. The first-order valence-electron chi connectivity index (χ1n) is 5.09. The normalized spacial score (nSPS) is 12.8. The van der Waals surface area contributed by atoms with Crippen LogP contribution in [0.25, 0.3) is 11.1 Å². The van der Waals surface area contributed by atoms with Crippen molar-refractivity contribution in [2.75, 3.05) is 12.5 Å². The third kappa shape index (κ3) is 1.37. The largest absolute Gasteiger partial charge is 0.454 e. The molecule has 1 aliphatic rings. The second kappa shape index (κ2) is 3.45. The van der Waals surface area contributed by atoms with E-state index in [1.165, 1.54) is 0 Å². The van der Waals surface area contributed by atoms with Crippen LogP contribution in [-0.2, 0) is 0 Å². The van der Waals surface area contributed by atoms with E-state index in [1.54, 1.807) is 0 Å². The van der Waals surface area contributed by atoms with E-state index in [4.69, 9.17) is 15.2 Å². The molecule has 0 saturated carbocycles. The number of hydrogen-bond donors (Lipinski definition) is 1. The Labute approximate surface area is 93.4 Å². The summed E-state index contributed by atoms with van der Waals surface area (Å²) in [5.41, 5.74) is 8.75. The highest BCUT2D eigenvalue weighted by atomic mass is 16.7. The third-order valence-electron chi connectivity index (χ3n) is 2.64. The molecular weight excluding hydrogens is 202 g/mol. The van der Waals surface area contributed by atoms with Gasteiger partial charge >= 0.3 is 0 Å². The summed E-state index contributed by atoms with van der Waals surface area (Å²) in [4.78, 5) is 0. The molecule has 2 N–H and O–H groups in total. The Morgan fingerprint density at radius 1 is 0.938 bits per heavy atom. The fraction of sp³-hybridized carbons (Fsp3) is 0.0769. The number of fused-ring (bicyclic) bond motifs is 1. The average Bonchev–Trinajstić information content (AvgIpc) is 2.76. The molecule has 0 amide bonds. The summed E-state index contributed by atoms with van der Waals surface area (Å²) in [5, 5.41) is 0. The zero-order valence-corrected chi connectivity index (χ0v) is 8.64. The zero-order valence-electron chi connectivity index (χ0n) is 8.64. The summed E-state index contributed by atoms with van der Waals surface area (Å²) >= 11 is 0. The molecule has 0 aliphatic carbocycles. The fourth-order valence-corrected chi connectivity index (χ4v) is 1.82. The van der Waals surface area contributed by atoms with Crippen molar-refractivity contribution in [2.24, 2.45) is 0 Å². The molecule has 0 spiro atoms. The topological polar surface area (TPSA) is 44.5 Å². The van der Waals surface area contributed by atoms with Gasteiger partial charge in [0.1, 0.15) is 0 Å². The number of ether oxygens (including phenoxy) is 2. The Bertz CT molecular complexity index is 537. The second-order valence-corrected chi connectivity index (χ2v) is 3.66. The van der Waals surface area contributed by atoms with Gasteiger partial charge in [-0.2, -0.15) is 0 Å². The molecule has 3 heteroatoms. The minimum Gasteiger partial charge on any atom is -0.454 e. The molecule has 0 bridgehead atoms. The van der Waals surface area contributed by atoms with E-state index < -0.39 is 0 Å². The zero-order chi connectivity index (χ0) is 11.0. The van der Waals surface area contributed by atoms with E-state index in [1.807, 2.05) is 42.5 Å². The third-order valence-corrected chi connectivity index (χ3v) is 2.64. The van der Waals surface area contributed by atoms with Crippen LogP contribution in [0.2, 0.25) is 0 Å². The molecular formula is C13H11NO2. The summed E-state index contributed by atoms with van der Waals surface area (Å²) in [6.07, 6.45) is 0. The van der Waals surface area contributed by atoms with Crippen molar-refractivity contribution in [1.29, 1.82) is 0 Å². The molecule has 0 atom stereocenters. The smallest absolute Gasteiger partial charge is 0.231 e. The molecule has 0 saturated heterocycles. The van der Waals surface area contributed by atoms with Crippen LogP contribution < -0.4 is 15.2 Å². The number of rotatable bonds is 1. The maximum Gasteiger partial charge on any atom is 0.231 e. The average molecular weight is 213 g/mol. The van der Waals surface area contributed by atoms with Crippen LogP contribution in [0.1, 0.15) is 0 Å². The van der Waals surface area contributed by atoms with Crippen molar-refractivity contribution in [2.45, 2.75) is 0 Å². The lowest BCUT2D eigenvalue weighted by molar-refractivity contribution is 0.174. The monoisotopic (exact) mass is 213 g/mol. The van der Waals surface area contributed by atoms with Crippen molar-refractivity contribution < 1.29 is 9.47 Å². The Kier molecular flexibility index (Phi) is 1.96. The molecule has 0 aromatic heterocycles. The van der Waals surface area contributed by atoms with Gasteiger partial charge in [-0.1, -0.05) is 24.3 Å². The molecule has 0 unspecified atom stereocenters. The maximum absolute atomic E-state index is 5.93. The standard InChI is InChI=1S/C13H11NO2/c14-11-4-2-1-3-10(11)9-5-6-12-13(7-9)16-8-15-12/h1-7H,8,14H2. The second-order valence-electron chi connectivity index (χ2n) is 3.66. The van der Waals surface area contributed by atoms with Gasteiger partial charge in [-0.25, -0.2) is 0 Å². The first kappa shape index (κ1) is 9.09. The molecule has 3 rings (SSSR count). The SMILES string of the molecule is Nc1ccccc1-c1ccc2c(c1)OCO2. The molecule has 0 radical (unpaired) electrons. The van der Waals surface area contributed by atoms with Gasteiger partial charge in [0.2, 0.25) is 6.79 Å².